The molecular formula is C16H15Br2NO2. The molecule has 0 saturated heterocycles. The van der Waals surface area contributed by atoms with Crippen molar-refractivity contribution in [2.75, 3.05) is 6.61 Å². The predicted molar refractivity (Wildman–Crippen MR) is 93.1 cm³/mol. The van der Waals surface area contributed by atoms with Crippen molar-refractivity contribution in [2.24, 2.45) is 4.99 Å². The first-order chi connectivity index (χ1) is 10.0. The van der Waals surface area contributed by atoms with Gasteiger partial charge in [-0.3, -0.25) is 4.99 Å². The Bertz CT molecular complexity index is 684. The number of rotatable bonds is 4. The first kappa shape index (κ1) is 16.0. The van der Waals surface area contributed by atoms with Crippen LogP contribution in [0.15, 0.2) is 44.3 Å². The van der Waals surface area contributed by atoms with E-state index in [-0.39, 0.29) is 5.75 Å². The number of aliphatic imine (C=N–C) groups is 1. The van der Waals surface area contributed by atoms with Crippen molar-refractivity contribution in [1.29, 1.82) is 0 Å². The van der Waals surface area contributed by atoms with E-state index in [2.05, 4.69) is 36.9 Å². The molecule has 0 aliphatic rings. The monoisotopic (exact) mass is 411 g/mol. The number of halogens is 2. The molecule has 21 heavy (non-hydrogen) atoms. The van der Waals surface area contributed by atoms with Crippen LogP contribution < -0.4 is 4.74 Å². The van der Waals surface area contributed by atoms with E-state index in [1.165, 1.54) is 0 Å². The van der Waals surface area contributed by atoms with Gasteiger partial charge in [0.25, 0.3) is 0 Å². The molecule has 0 aliphatic heterocycles. The molecule has 110 valence electrons. The number of hydrogen-bond donors (Lipinski definition) is 1. The molecule has 3 nitrogen and oxygen atoms in total. The first-order valence-electron chi connectivity index (χ1n) is 6.46. The molecule has 0 bridgehead atoms. The highest BCUT2D eigenvalue weighted by atomic mass is 79.9. The van der Waals surface area contributed by atoms with Gasteiger partial charge in [-0.05, 0) is 65.7 Å². The highest BCUT2D eigenvalue weighted by Gasteiger charge is 2.08. The largest absolute Gasteiger partial charge is 0.508 e. The molecule has 0 saturated carbocycles. The van der Waals surface area contributed by atoms with E-state index in [4.69, 9.17) is 4.74 Å². The number of phenols is 1. The van der Waals surface area contributed by atoms with Crippen molar-refractivity contribution in [1.82, 2.24) is 0 Å². The molecule has 2 aromatic carbocycles. The van der Waals surface area contributed by atoms with Gasteiger partial charge in [0.05, 0.1) is 16.8 Å². The first-order valence-corrected chi connectivity index (χ1v) is 8.05. The summed E-state index contributed by atoms with van der Waals surface area (Å²) in [5.41, 5.74) is 2.61. The van der Waals surface area contributed by atoms with Crippen molar-refractivity contribution in [3.05, 3.63) is 50.4 Å². The smallest absolute Gasteiger partial charge is 0.142 e. The minimum atomic E-state index is 0.242. The van der Waals surface area contributed by atoms with Crippen LogP contribution in [0.5, 0.6) is 11.5 Å². The van der Waals surface area contributed by atoms with Crippen LogP contribution in [-0.4, -0.2) is 17.9 Å². The summed E-state index contributed by atoms with van der Waals surface area (Å²) in [7, 11) is 0. The molecule has 0 heterocycles. The molecule has 0 aliphatic carbocycles. The SMILES string of the molecule is CCOc1c(Br)cc(Br)cc1C=Nc1ccc(O)cc1C. The predicted octanol–water partition coefficient (Wildman–Crippen LogP) is 5.37. The number of ether oxygens (including phenoxy) is 1. The highest BCUT2D eigenvalue weighted by molar-refractivity contribution is 9.11. The Hall–Kier alpha value is -1.33. The quantitative estimate of drug-likeness (QED) is 0.685. The van der Waals surface area contributed by atoms with Crippen molar-refractivity contribution >= 4 is 43.8 Å². The second-order valence-electron chi connectivity index (χ2n) is 4.47. The van der Waals surface area contributed by atoms with Gasteiger partial charge in [-0.15, -0.1) is 0 Å². The van der Waals surface area contributed by atoms with Gasteiger partial charge in [-0.1, -0.05) is 15.9 Å². The van der Waals surface area contributed by atoms with Crippen LogP contribution in [0.4, 0.5) is 5.69 Å². The Labute approximate surface area is 140 Å². The van der Waals surface area contributed by atoms with E-state index in [0.717, 1.165) is 31.5 Å². The highest BCUT2D eigenvalue weighted by Crippen LogP contribution is 2.32. The third kappa shape index (κ3) is 4.08. The Morgan fingerprint density at radius 3 is 2.67 bits per heavy atom. The number of nitrogens with zero attached hydrogens (tertiary/aromatic N) is 1. The molecule has 2 rings (SSSR count). The summed E-state index contributed by atoms with van der Waals surface area (Å²) in [6.07, 6.45) is 1.76. The maximum atomic E-state index is 9.43. The molecule has 0 radical (unpaired) electrons. The zero-order valence-electron chi connectivity index (χ0n) is 11.7. The number of aryl methyl sites for hydroxylation is 1. The Morgan fingerprint density at radius 2 is 2.00 bits per heavy atom. The van der Waals surface area contributed by atoms with E-state index in [1.54, 1.807) is 24.4 Å². The van der Waals surface area contributed by atoms with Gasteiger partial charge in [0.1, 0.15) is 11.5 Å². The van der Waals surface area contributed by atoms with Gasteiger partial charge >= 0.3 is 0 Å². The third-order valence-corrected chi connectivity index (χ3v) is 3.90. The van der Waals surface area contributed by atoms with E-state index in [1.807, 2.05) is 26.0 Å². The Balaban J connectivity index is 2.40. The molecule has 0 aromatic heterocycles. The molecule has 0 unspecified atom stereocenters. The minimum Gasteiger partial charge on any atom is -0.508 e. The van der Waals surface area contributed by atoms with Crippen LogP contribution in [0.1, 0.15) is 18.1 Å². The van der Waals surface area contributed by atoms with Gasteiger partial charge in [-0.25, -0.2) is 0 Å². The molecular weight excluding hydrogens is 398 g/mol. The summed E-state index contributed by atoms with van der Waals surface area (Å²) < 4.78 is 7.49. The van der Waals surface area contributed by atoms with Crippen LogP contribution in [-0.2, 0) is 0 Å². The fraction of sp³-hybridized carbons (Fsp3) is 0.188. The summed E-state index contributed by atoms with van der Waals surface area (Å²) in [5.74, 6) is 1.01. The zero-order valence-corrected chi connectivity index (χ0v) is 14.9. The Kier molecular flexibility index (Phi) is 5.42. The van der Waals surface area contributed by atoms with Crippen molar-refractivity contribution in [2.45, 2.75) is 13.8 Å². The number of phenolic OH excluding ortho intramolecular Hbond substituents is 1. The standard InChI is InChI=1S/C16H15Br2NO2/c1-3-21-16-11(7-12(17)8-14(16)18)9-19-15-5-4-13(20)6-10(15)2/h4-9,20H,3H2,1-2H3. The van der Waals surface area contributed by atoms with Gasteiger partial charge in [0.15, 0.2) is 0 Å². The van der Waals surface area contributed by atoms with Crippen molar-refractivity contribution in [3.63, 3.8) is 0 Å². The lowest BCUT2D eigenvalue weighted by atomic mass is 10.2. The van der Waals surface area contributed by atoms with Gasteiger partial charge in [-0.2, -0.15) is 0 Å². The Morgan fingerprint density at radius 1 is 1.24 bits per heavy atom. The van der Waals surface area contributed by atoms with Crippen LogP contribution in [0.3, 0.4) is 0 Å². The summed E-state index contributed by atoms with van der Waals surface area (Å²) in [5, 5.41) is 9.43. The van der Waals surface area contributed by atoms with E-state index >= 15 is 0 Å². The van der Waals surface area contributed by atoms with Gasteiger partial charge < -0.3 is 9.84 Å². The second-order valence-corrected chi connectivity index (χ2v) is 6.24. The maximum Gasteiger partial charge on any atom is 0.142 e. The maximum absolute atomic E-state index is 9.43. The summed E-state index contributed by atoms with van der Waals surface area (Å²) in [4.78, 5) is 4.48. The number of hydrogen-bond acceptors (Lipinski definition) is 3. The lowest BCUT2D eigenvalue weighted by Gasteiger charge is -2.10. The van der Waals surface area contributed by atoms with Crippen LogP contribution in [0, 0.1) is 6.92 Å². The fourth-order valence-electron chi connectivity index (χ4n) is 1.90. The lowest BCUT2D eigenvalue weighted by molar-refractivity contribution is 0.337. The van der Waals surface area contributed by atoms with E-state index < -0.39 is 0 Å². The number of aromatic hydroxyl groups is 1. The topological polar surface area (TPSA) is 41.8 Å². The third-order valence-electron chi connectivity index (χ3n) is 2.85. The van der Waals surface area contributed by atoms with E-state index in [0.29, 0.717) is 6.61 Å². The average Bonchev–Trinajstić information content (AvgIpc) is 2.41. The molecule has 0 spiro atoms. The van der Waals surface area contributed by atoms with Crippen molar-refractivity contribution in [3.8, 4) is 11.5 Å². The summed E-state index contributed by atoms with van der Waals surface area (Å²) >= 11 is 6.97. The second kappa shape index (κ2) is 7.09. The van der Waals surface area contributed by atoms with Crippen molar-refractivity contribution < 1.29 is 9.84 Å². The summed E-state index contributed by atoms with van der Waals surface area (Å²) in [6, 6.07) is 8.99. The molecule has 5 heteroatoms. The van der Waals surface area contributed by atoms with Gasteiger partial charge in [0.2, 0.25) is 0 Å². The number of benzene rings is 2. The molecule has 0 amide bonds. The molecule has 1 N–H and O–H groups in total. The summed E-state index contributed by atoms with van der Waals surface area (Å²) in [6.45, 7) is 4.44. The van der Waals surface area contributed by atoms with E-state index in [9.17, 15) is 5.11 Å². The lowest BCUT2D eigenvalue weighted by Crippen LogP contribution is -1.97. The minimum absolute atomic E-state index is 0.242. The average molecular weight is 413 g/mol. The molecule has 0 atom stereocenters. The van der Waals surface area contributed by atoms with Crippen LogP contribution >= 0.6 is 31.9 Å². The molecule has 2 aromatic rings. The zero-order chi connectivity index (χ0) is 15.4. The van der Waals surface area contributed by atoms with Crippen LogP contribution in [0.25, 0.3) is 0 Å². The molecule has 0 fully saturated rings. The van der Waals surface area contributed by atoms with Crippen LogP contribution in [0.2, 0.25) is 0 Å². The van der Waals surface area contributed by atoms with Gasteiger partial charge in [0, 0.05) is 16.3 Å². The normalized spacial score (nSPS) is 11.0. The fourth-order valence-corrected chi connectivity index (χ4v) is 3.27.